The minimum absolute atomic E-state index is 0.0648. The molecular weight excluding hydrogens is 512 g/mol. The Kier molecular flexibility index (Phi) is 7.75. The van der Waals surface area contributed by atoms with Crippen molar-refractivity contribution in [3.63, 3.8) is 0 Å². The third-order valence-electron chi connectivity index (χ3n) is 4.87. The lowest BCUT2D eigenvalue weighted by Gasteiger charge is -2.10. The number of nitrogens with one attached hydrogen (secondary N) is 2. The fourth-order valence-corrected chi connectivity index (χ4v) is 4.32. The number of para-hydroxylation sites is 1. The maximum Gasteiger partial charge on any atom is 0.264 e. The monoisotopic (exact) mass is 529 g/mol. The molecule has 2 amide bonds. The Hall–Kier alpha value is -3.33. The molecule has 0 spiro atoms. The highest BCUT2D eigenvalue weighted by Crippen LogP contribution is 2.32. The van der Waals surface area contributed by atoms with E-state index in [1.807, 2.05) is 13.0 Å². The molecule has 0 atom stereocenters. The molecule has 1 heterocycles. The van der Waals surface area contributed by atoms with Gasteiger partial charge in [-0.05, 0) is 72.3 Å². The molecule has 1 saturated heterocycles. The summed E-state index contributed by atoms with van der Waals surface area (Å²) in [7, 11) is 0. The Bertz CT molecular complexity index is 1380. The van der Waals surface area contributed by atoms with Crippen molar-refractivity contribution in [1.82, 2.24) is 5.32 Å². The Morgan fingerprint density at radius 3 is 2.71 bits per heavy atom. The standard InChI is InChI=1S/C25H18Cl2FN3O3S/c1-14-16(26)5-4-8-19(14)30-25-31-24(33)22(35-25)12-15-9-10-21(17(27)11-15)34-13-23(32)29-20-7-3-2-6-18(20)28/h2-12H,13H2,1H3,(H,29,32)(H,30,31,33)/b22-12-. The van der Waals surface area contributed by atoms with Crippen molar-refractivity contribution in [1.29, 1.82) is 0 Å². The molecule has 1 aliphatic heterocycles. The van der Waals surface area contributed by atoms with Crippen LogP contribution < -0.4 is 15.4 Å². The number of amidine groups is 1. The van der Waals surface area contributed by atoms with Crippen LogP contribution in [-0.4, -0.2) is 23.6 Å². The second-order valence-corrected chi connectivity index (χ2v) is 9.22. The van der Waals surface area contributed by atoms with Gasteiger partial charge in [0.05, 0.1) is 21.3 Å². The number of benzene rings is 3. The van der Waals surface area contributed by atoms with Crippen LogP contribution in [0.5, 0.6) is 5.75 Å². The normalized spacial score (nSPS) is 15.4. The molecule has 10 heteroatoms. The second kappa shape index (κ2) is 10.9. The predicted octanol–water partition coefficient (Wildman–Crippen LogP) is 6.35. The maximum atomic E-state index is 13.7. The van der Waals surface area contributed by atoms with Crippen LogP contribution in [0.4, 0.5) is 15.8 Å². The summed E-state index contributed by atoms with van der Waals surface area (Å²) in [4.78, 5) is 29.4. The van der Waals surface area contributed by atoms with E-state index in [2.05, 4.69) is 15.6 Å². The lowest BCUT2D eigenvalue weighted by molar-refractivity contribution is -0.118. The van der Waals surface area contributed by atoms with Gasteiger partial charge < -0.3 is 15.4 Å². The van der Waals surface area contributed by atoms with Crippen LogP contribution in [0.15, 0.2) is 70.6 Å². The number of nitrogens with zero attached hydrogens (tertiary/aromatic N) is 1. The van der Waals surface area contributed by atoms with E-state index in [-0.39, 0.29) is 29.0 Å². The highest BCUT2D eigenvalue weighted by atomic mass is 35.5. The van der Waals surface area contributed by atoms with Crippen molar-refractivity contribution in [3.05, 3.63) is 92.6 Å². The Morgan fingerprint density at radius 2 is 1.94 bits per heavy atom. The highest BCUT2D eigenvalue weighted by Gasteiger charge is 2.24. The number of thioether (sulfide) groups is 1. The molecule has 1 aliphatic rings. The third-order valence-corrected chi connectivity index (χ3v) is 6.49. The molecule has 35 heavy (non-hydrogen) atoms. The summed E-state index contributed by atoms with van der Waals surface area (Å²) in [6.45, 7) is 1.50. The summed E-state index contributed by atoms with van der Waals surface area (Å²) in [5, 5.41) is 6.46. The molecule has 3 aromatic rings. The highest BCUT2D eigenvalue weighted by molar-refractivity contribution is 8.18. The summed E-state index contributed by atoms with van der Waals surface area (Å²) >= 11 is 13.6. The number of rotatable bonds is 6. The molecule has 178 valence electrons. The van der Waals surface area contributed by atoms with Crippen LogP contribution in [-0.2, 0) is 9.59 Å². The fourth-order valence-electron chi connectivity index (χ4n) is 3.07. The first kappa shape index (κ1) is 24.8. The average Bonchev–Trinajstić information content (AvgIpc) is 3.16. The number of hydrogen-bond acceptors (Lipinski definition) is 5. The molecule has 6 nitrogen and oxygen atoms in total. The van der Waals surface area contributed by atoms with Gasteiger partial charge >= 0.3 is 0 Å². The summed E-state index contributed by atoms with van der Waals surface area (Å²) in [6.07, 6.45) is 1.67. The SMILES string of the molecule is Cc1c(Cl)cccc1N=C1NC(=O)/C(=C/c2ccc(OCC(=O)Nc3ccccc3F)c(Cl)c2)S1. The van der Waals surface area contributed by atoms with Crippen molar-refractivity contribution in [2.24, 2.45) is 4.99 Å². The zero-order valence-electron chi connectivity index (χ0n) is 18.3. The van der Waals surface area contributed by atoms with Gasteiger partial charge in [-0.1, -0.05) is 47.5 Å². The maximum absolute atomic E-state index is 13.7. The largest absolute Gasteiger partial charge is 0.482 e. The van der Waals surface area contributed by atoms with Crippen LogP contribution in [0, 0.1) is 12.7 Å². The zero-order chi connectivity index (χ0) is 24.9. The smallest absolute Gasteiger partial charge is 0.264 e. The molecule has 0 aliphatic carbocycles. The average molecular weight is 530 g/mol. The number of aliphatic imine (C=N–C) groups is 1. The van der Waals surface area contributed by atoms with Crippen LogP contribution in [0.3, 0.4) is 0 Å². The van der Waals surface area contributed by atoms with Gasteiger partial charge in [0, 0.05) is 5.02 Å². The Labute approximate surface area is 215 Å². The molecule has 0 radical (unpaired) electrons. The summed E-state index contributed by atoms with van der Waals surface area (Å²) < 4.78 is 19.1. The van der Waals surface area contributed by atoms with Gasteiger partial charge in [-0.3, -0.25) is 9.59 Å². The lowest BCUT2D eigenvalue weighted by Crippen LogP contribution is -2.20. The zero-order valence-corrected chi connectivity index (χ0v) is 20.6. The summed E-state index contributed by atoms with van der Waals surface area (Å²) in [5.41, 5.74) is 2.22. The Morgan fingerprint density at radius 1 is 1.14 bits per heavy atom. The number of halogens is 3. The van der Waals surface area contributed by atoms with Crippen molar-refractivity contribution < 1.29 is 18.7 Å². The van der Waals surface area contributed by atoms with Gasteiger partial charge in [0.2, 0.25) is 0 Å². The first-order valence-corrected chi connectivity index (χ1v) is 11.9. The number of ether oxygens (including phenoxy) is 1. The van der Waals surface area contributed by atoms with E-state index >= 15 is 0 Å². The van der Waals surface area contributed by atoms with Crippen LogP contribution in [0.2, 0.25) is 10.0 Å². The van der Waals surface area contributed by atoms with E-state index in [0.29, 0.717) is 26.3 Å². The van der Waals surface area contributed by atoms with Gasteiger partial charge in [-0.15, -0.1) is 0 Å². The van der Waals surface area contributed by atoms with Gasteiger partial charge in [-0.25, -0.2) is 9.38 Å². The number of carbonyl (C=O) groups is 2. The van der Waals surface area contributed by atoms with E-state index < -0.39 is 11.7 Å². The summed E-state index contributed by atoms with van der Waals surface area (Å²) in [6, 6.07) is 16.1. The first-order valence-electron chi connectivity index (χ1n) is 10.3. The van der Waals surface area contributed by atoms with E-state index in [9.17, 15) is 14.0 Å². The minimum atomic E-state index is -0.541. The van der Waals surface area contributed by atoms with Crippen molar-refractivity contribution in [2.75, 3.05) is 11.9 Å². The topological polar surface area (TPSA) is 79.8 Å². The Balaban J connectivity index is 1.41. The molecular formula is C25H18Cl2FN3O3S. The molecule has 3 aromatic carbocycles. The minimum Gasteiger partial charge on any atom is -0.482 e. The second-order valence-electron chi connectivity index (χ2n) is 7.37. The number of amides is 2. The third kappa shape index (κ3) is 6.22. The quantitative estimate of drug-likeness (QED) is 0.364. The van der Waals surface area contributed by atoms with Crippen molar-refractivity contribution >= 4 is 69.4 Å². The van der Waals surface area contributed by atoms with E-state index in [0.717, 1.165) is 5.56 Å². The van der Waals surface area contributed by atoms with Crippen LogP contribution in [0.1, 0.15) is 11.1 Å². The first-order chi connectivity index (χ1) is 16.8. The van der Waals surface area contributed by atoms with Gasteiger partial charge in [0.15, 0.2) is 11.8 Å². The van der Waals surface area contributed by atoms with Gasteiger partial charge in [0.1, 0.15) is 11.6 Å². The summed E-state index contributed by atoms with van der Waals surface area (Å²) in [5.74, 6) is -1.08. The molecule has 4 rings (SSSR count). The van der Waals surface area contributed by atoms with Crippen molar-refractivity contribution in [3.8, 4) is 5.75 Å². The van der Waals surface area contributed by atoms with Crippen LogP contribution >= 0.6 is 35.0 Å². The van der Waals surface area contributed by atoms with E-state index in [4.69, 9.17) is 27.9 Å². The number of anilines is 1. The van der Waals surface area contributed by atoms with Crippen molar-refractivity contribution in [2.45, 2.75) is 6.92 Å². The molecule has 0 bridgehead atoms. The van der Waals surface area contributed by atoms with E-state index in [1.54, 1.807) is 42.5 Å². The lowest BCUT2D eigenvalue weighted by atomic mass is 10.2. The molecule has 2 N–H and O–H groups in total. The number of carbonyl (C=O) groups excluding carboxylic acids is 2. The van der Waals surface area contributed by atoms with E-state index in [1.165, 1.54) is 30.0 Å². The molecule has 0 unspecified atom stereocenters. The van der Waals surface area contributed by atoms with Gasteiger partial charge in [0.25, 0.3) is 11.8 Å². The molecule has 1 fully saturated rings. The molecule has 0 saturated carbocycles. The number of hydrogen-bond donors (Lipinski definition) is 2. The van der Waals surface area contributed by atoms with Crippen LogP contribution in [0.25, 0.3) is 6.08 Å². The van der Waals surface area contributed by atoms with Gasteiger partial charge in [-0.2, -0.15) is 0 Å². The fraction of sp³-hybridized carbons (Fsp3) is 0.0800. The predicted molar refractivity (Wildman–Crippen MR) is 139 cm³/mol. The molecule has 0 aromatic heterocycles.